The summed E-state index contributed by atoms with van der Waals surface area (Å²) in [5.74, 6) is 0. The van der Waals surface area contributed by atoms with Gasteiger partial charge in [-0.2, -0.15) is 0 Å². The van der Waals surface area contributed by atoms with Crippen LogP contribution in [-0.2, 0) is 0 Å². The van der Waals surface area contributed by atoms with E-state index in [4.69, 9.17) is 5.26 Å². The molecule has 17 heavy (non-hydrogen) atoms. The first-order chi connectivity index (χ1) is 8.36. The summed E-state index contributed by atoms with van der Waals surface area (Å²) in [6, 6.07) is 13.0. The molecule has 2 heteroatoms. The molecular weight excluding hydrogens is 273 g/mol. The van der Waals surface area contributed by atoms with Gasteiger partial charge in [-0.15, -0.1) is 0 Å². The summed E-state index contributed by atoms with van der Waals surface area (Å²) in [4.78, 5) is 0.603. The maximum atomic E-state index is 8.88. The van der Waals surface area contributed by atoms with Gasteiger partial charge in [-0.1, -0.05) is 0 Å². The second kappa shape index (κ2) is 9.28. The number of hydrogen-bond acceptors (Lipinski definition) is 1. The van der Waals surface area contributed by atoms with Gasteiger partial charge in [0.05, 0.1) is 0 Å². The fraction of sp³-hybridized carbons (Fsp3) is 0.533. The SMILES string of the molecule is CCCCCCC(CC#N)[Se]c1ccccc1. The first kappa shape index (κ1) is 14.3. The third-order valence-electron chi connectivity index (χ3n) is 2.74. The van der Waals surface area contributed by atoms with Crippen molar-refractivity contribution in [3.8, 4) is 6.07 Å². The molecule has 0 saturated carbocycles. The third-order valence-corrected chi connectivity index (χ3v) is 5.43. The normalized spacial score (nSPS) is 12.0. The van der Waals surface area contributed by atoms with Crippen molar-refractivity contribution in [1.29, 1.82) is 5.26 Å². The molecule has 0 heterocycles. The molecule has 0 aliphatic rings. The Morgan fingerprint density at radius 2 is 1.94 bits per heavy atom. The van der Waals surface area contributed by atoms with Crippen LogP contribution in [0.3, 0.4) is 0 Å². The second-order valence-electron chi connectivity index (χ2n) is 4.26. The Labute approximate surface area is 111 Å². The van der Waals surface area contributed by atoms with Crippen molar-refractivity contribution in [2.75, 3.05) is 0 Å². The van der Waals surface area contributed by atoms with Crippen molar-refractivity contribution in [2.24, 2.45) is 0 Å². The van der Waals surface area contributed by atoms with Gasteiger partial charge in [0, 0.05) is 0 Å². The zero-order valence-electron chi connectivity index (χ0n) is 10.6. The van der Waals surface area contributed by atoms with E-state index in [1.807, 2.05) is 0 Å². The van der Waals surface area contributed by atoms with Crippen LogP contribution in [0.15, 0.2) is 30.3 Å². The molecule has 1 aromatic rings. The summed E-state index contributed by atoms with van der Waals surface area (Å²) in [7, 11) is 0. The van der Waals surface area contributed by atoms with E-state index < -0.39 is 0 Å². The van der Waals surface area contributed by atoms with Gasteiger partial charge in [-0.05, 0) is 0 Å². The van der Waals surface area contributed by atoms with Crippen molar-refractivity contribution < 1.29 is 0 Å². The fourth-order valence-corrected chi connectivity index (χ4v) is 4.19. The van der Waals surface area contributed by atoms with E-state index in [2.05, 4.69) is 43.3 Å². The summed E-state index contributed by atoms with van der Waals surface area (Å²) in [5, 5.41) is 8.88. The molecule has 1 nitrogen and oxygen atoms in total. The molecule has 1 unspecified atom stereocenters. The number of hydrogen-bond donors (Lipinski definition) is 0. The molecule has 0 spiro atoms. The summed E-state index contributed by atoms with van der Waals surface area (Å²) in [6.45, 7) is 2.24. The zero-order valence-corrected chi connectivity index (χ0v) is 12.3. The first-order valence-corrected chi connectivity index (χ1v) is 8.30. The number of unbranched alkanes of at least 4 members (excludes halogenated alkanes) is 3. The molecule has 1 atom stereocenters. The summed E-state index contributed by atoms with van der Waals surface area (Å²) >= 11 is 0.462. The average molecular weight is 294 g/mol. The molecule has 0 radical (unpaired) electrons. The van der Waals surface area contributed by atoms with Crippen molar-refractivity contribution in [2.45, 2.75) is 50.3 Å². The summed E-state index contributed by atoms with van der Waals surface area (Å²) in [5.41, 5.74) is 0. The molecular formula is C15H21NSe. The molecule has 0 saturated heterocycles. The van der Waals surface area contributed by atoms with Gasteiger partial charge in [0.15, 0.2) is 0 Å². The second-order valence-corrected chi connectivity index (χ2v) is 7.15. The van der Waals surface area contributed by atoms with Crippen molar-refractivity contribution in [1.82, 2.24) is 0 Å². The molecule has 92 valence electrons. The molecule has 0 bridgehead atoms. The van der Waals surface area contributed by atoms with Gasteiger partial charge in [-0.25, -0.2) is 0 Å². The van der Waals surface area contributed by atoms with Crippen LogP contribution in [0.5, 0.6) is 0 Å². The van der Waals surface area contributed by atoms with Crippen molar-refractivity contribution in [3.05, 3.63) is 30.3 Å². The van der Waals surface area contributed by atoms with Crippen LogP contribution in [-0.4, -0.2) is 15.0 Å². The number of nitriles is 1. The van der Waals surface area contributed by atoms with Crippen LogP contribution >= 0.6 is 0 Å². The average Bonchev–Trinajstić information content (AvgIpc) is 2.36. The molecule has 0 amide bonds. The van der Waals surface area contributed by atoms with Crippen molar-refractivity contribution >= 4 is 19.4 Å². The predicted octanol–water partition coefficient (Wildman–Crippen LogP) is 3.69. The maximum absolute atomic E-state index is 8.88. The van der Waals surface area contributed by atoms with Crippen LogP contribution in [0, 0.1) is 11.3 Å². The Bertz CT molecular complexity index is 329. The molecule has 0 fully saturated rings. The number of rotatable bonds is 8. The Morgan fingerprint density at radius 1 is 1.18 bits per heavy atom. The quantitative estimate of drug-likeness (QED) is 0.530. The third kappa shape index (κ3) is 6.51. The van der Waals surface area contributed by atoms with Gasteiger partial charge in [-0.3, -0.25) is 0 Å². The minimum atomic E-state index is 0.462. The van der Waals surface area contributed by atoms with Gasteiger partial charge >= 0.3 is 111 Å². The molecule has 0 N–H and O–H groups in total. The standard InChI is InChI=1S/C15H21NSe/c1-2-3-4-6-11-15(12-13-16)17-14-9-7-5-8-10-14/h5,7-10,15H,2-4,6,11-12H2,1H3. The molecule has 1 rings (SSSR count). The van der Waals surface area contributed by atoms with Gasteiger partial charge in [0.1, 0.15) is 0 Å². The predicted molar refractivity (Wildman–Crippen MR) is 74.6 cm³/mol. The van der Waals surface area contributed by atoms with Crippen molar-refractivity contribution in [3.63, 3.8) is 0 Å². The van der Waals surface area contributed by atoms with Gasteiger partial charge in [0.2, 0.25) is 0 Å². The van der Waals surface area contributed by atoms with E-state index in [-0.39, 0.29) is 0 Å². The van der Waals surface area contributed by atoms with E-state index in [0.29, 0.717) is 19.8 Å². The molecule has 1 aromatic carbocycles. The first-order valence-electron chi connectivity index (χ1n) is 6.45. The van der Waals surface area contributed by atoms with E-state index >= 15 is 0 Å². The zero-order chi connectivity index (χ0) is 12.3. The van der Waals surface area contributed by atoms with E-state index in [0.717, 1.165) is 6.42 Å². The fourth-order valence-electron chi connectivity index (χ4n) is 1.79. The monoisotopic (exact) mass is 295 g/mol. The molecule has 0 aromatic heterocycles. The van der Waals surface area contributed by atoms with Crippen LogP contribution in [0.1, 0.15) is 45.4 Å². The topological polar surface area (TPSA) is 23.8 Å². The molecule has 0 aliphatic carbocycles. The Morgan fingerprint density at radius 3 is 2.59 bits per heavy atom. The Hall–Kier alpha value is -0.771. The van der Waals surface area contributed by atoms with E-state index in [1.54, 1.807) is 0 Å². The minimum absolute atomic E-state index is 0.462. The van der Waals surface area contributed by atoms with E-state index in [9.17, 15) is 0 Å². The Balaban J connectivity index is 2.35. The van der Waals surface area contributed by atoms with Gasteiger partial charge in [0.25, 0.3) is 0 Å². The summed E-state index contributed by atoms with van der Waals surface area (Å²) < 4.78 is 1.43. The van der Waals surface area contributed by atoms with Crippen LogP contribution in [0.25, 0.3) is 0 Å². The van der Waals surface area contributed by atoms with Crippen LogP contribution in [0.4, 0.5) is 0 Å². The van der Waals surface area contributed by atoms with Crippen LogP contribution < -0.4 is 4.46 Å². The summed E-state index contributed by atoms with van der Waals surface area (Å²) in [6.07, 6.45) is 7.17. The van der Waals surface area contributed by atoms with Crippen LogP contribution in [0.2, 0.25) is 4.82 Å². The van der Waals surface area contributed by atoms with Gasteiger partial charge < -0.3 is 0 Å². The number of benzene rings is 1. The number of nitrogens with zero attached hydrogens (tertiary/aromatic N) is 1. The molecule has 0 aliphatic heterocycles. The van der Waals surface area contributed by atoms with E-state index in [1.165, 1.54) is 36.6 Å². The Kier molecular flexibility index (Phi) is 7.80.